The standard InChI is InChI=1S/C14H24N2O/c1-14(2)7-4-3-5-12(14)13(16-15)9-11-6-8-17-10-11/h6,8,10,12-13,16H,3-5,7,9,15H2,1-2H3. The number of hydrazine groups is 1. The van der Waals surface area contributed by atoms with Crippen molar-refractivity contribution in [1.29, 1.82) is 0 Å². The molecule has 0 radical (unpaired) electrons. The van der Waals surface area contributed by atoms with E-state index in [1.807, 2.05) is 12.3 Å². The molecule has 1 heterocycles. The van der Waals surface area contributed by atoms with Crippen LogP contribution in [0.2, 0.25) is 0 Å². The molecule has 0 bridgehead atoms. The van der Waals surface area contributed by atoms with Crippen molar-refractivity contribution < 1.29 is 4.42 Å². The Balaban J connectivity index is 2.06. The van der Waals surface area contributed by atoms with Crippen molar-refractivity contribution in [2.24, 2.45) is 17.2 Å². The summed E-state index contributed by atoms with van der Waals surface area (Å²) in [6, 6.07) is 2.38. The minimum Gasteiger partial charge on any atom is -0.472 e. The predicted molar refractivity (Wildman–Crippen MR) is 69.3 cm³/mol. The Labute approximate surface area is 104 Å². The van der Waals surface area contributed by atoms with E-state index < -0.39 is 0 Å². The molecule has 1 aromatic rings. The highest BCUT2D eigenvalue weighted by atomic mass is 16.3. The van der Waals surface area contributed by atoms with Crippen molar-refractivity contribution >= 4 is 0 Å². The van der Waals surface area contributed by atoms with Crippen LogP contribution in [0, 0.1) is 11.3 Å². The number of nitrogens with one attached hydrogen (secondary N) is 1. The van der Waals surface area contributed by atoms with E-state index in [-0.39, 0.29) is 0 Å². The van der Waals surface area contributed by atoms with Crippen LogP contribution < -0.4 is 11.3 Å². The van der Waals surface area contributed by atoms with E-state index in [1.165, 1.54) is 31.2 Å². The molecule has 0 aromatic carbocycles. The molecule has 3 N–H and O–H groups in total. The van der Waals surface area contributed by atoms with E-state index in [2.05, 4.69) is 19.3 Å². The van der Waals surface area contributed by atoms with Gasteiger partial charge in [0, 0.05) is 6.04 Å². The van der Waals surface area contributed by atoms with Gasteiger partial charge in [0.05, 0.1) is 12.5 Å². The zero-order chi connectivity index (χ0) is 12.3. The van der Waals surface area contributed by atoms with Gasteiger partial charge in [-0.25, -0.2) is 0 Å². The van der Waals surface area contributed by atoms with Gasteiger partial charge in [0.15, 0.2) is 0 Å². The lowest BCUT2D eigenvalue weighted by molar-refractivity contribution is 0.0981. The smallest absolute Gasteiger partial charge is 0.0935 e. The molecule has 0 amide bonds. The third-order valence-electron chi connectivity index (χ3n) is 4.33. The van der Waals surface area contributed by atoms with Gasteiger partial charge in [-0.15, -0.1) is 0 Å². The highest BCUT2D eigenvalue weighted by molar-refractivity contribution is 5.08. The van der Waals surface area contributed by atoms with Crippen molar-refractivity contribution in [3.63, 3.8) is 0 Å². The average Bonchev–Trinajstić information content (AvgIpc) is 2.79. The van der Waals surface area contributed by atoms with Gasteiger partial charge in [-0.2, -0.15) is 0 Å². The molecule has 96 valence electrons. The molecule has 1 aromatic heterocycles. The Bertz CT molecular complexity index is 332. The molecule has 1 saturated carbocycles. The van der Waals surface area contributed by atoms with Crippen LogP contribution in [0.3, 0.4) is 0 Å². The molecular weight excluding hydrogens is 212 g/mol. The molecular formula is C14H24N2O. The fourth-order valence-electron chi connectivity index (χ4n) is 3.25. The molecule has 0 aliphatic heterocycles. The Morgan fingerprint density at radius 2 is 2.35 bits per heavy atom. The molecule has 2 atom stereocenters. The maximum absolute atomic E-state index is 5.76. The van der Waals surface area contributed by atoms with Crippen LogP contribution in [0.15, 0.2) is 23.0 Å². The zero-order valence-corrected chi connectivity index (χ0v) is 10.9. The molecule has 1 aliphatic rings. The van der Waals surface area contributed by atoms with E-state index in [0.29, 0.717) is 17.4 Å². The second kappa shape index (κ2) is 5.23. The summed E-state index contributed by atoms with van der Waals surface area (Å²) in [7, 11) is 0. The maximum atomic E-state index is 5.76. The topological polar surface area (TPSA) is 51.2 Å². The summed E-state index contributed by atoms with van der Waals surface area (Å²) in [6.07, 6.45) is 9.78. The lowest BCUT2D eigenvalue weighted by Crippen LogP contribution is -2.48. The van der Waals surface area contributed by atoms with Crippen LogP contribution in [0.5, 0.6) is 0 Å². The summed E-state index contributed by atoms with van der Waals surface area (Å²) in [5.41, 5.74) is 4.64. The van der Waals surface area contributed by atoms with Crippen LogP contribution in [0.4, 0.5) is 0 Å². The highest BCUT2D eigenvalue weighted by Gasteiger charge is 2.37. The van der Waals surface area contributed by atoms with Crippen LogP contribution >= 0.6 is 0 Å². The van der Waals surface area contributed by atoms with Crippen molar-refractivity contribution in [2.45, 2.75) is 52.0 Å². The van der Waals surface area contributed by atoms with Crippen LogP contribution in [0.25, 0.3) is 0 Å². The summed E-state index contributed by atoms with van der Waals surface area (Å²) in [6.45, 7) is 4.74. The normalized spacial score (nSPS) is 25.7. The predicted octanol–water partition coefficient (Wildman–Crippen LogP) is 2.87. The van der Waals surface area contributed by atoms with Gasteiger partial charge in [-0.1, -0.05) is 26.7 Å². The van der Waals surface area contributed by atoms with E-state index >= 15 is 0 Å². The Kier molecular flexibility index (Phi) is 3.89. The average molecular weight is 236 g/mol. The Morgan fingerprint density at radius 1 is 1.53 bits per heavy atom. The third kappa shape index (κ3) is 2.90. The molecule has 1 fully saturated rings. The van der Waals surface area contributed by atoms with Crippen molar-refractivity contribution in [2.75, 3.05) is 0 Å². The quantitative estimate of drug-likeness (QED) is 0.624. The Hall–Kier alpha value is -0.800. The Morgan fingerprint density at radius 3 is 2.94 bits per heavy atom. The molecule has 0 spiro atoms. The first-order valence-corrected chi connectivity index (χ1v) is 6.61. The highest BCUT2D eigenvalue weighted by Crippen LogP contribution is 2.42. The van der Waals surface area contributed by atoms with Crippen LogP contribution in [-0.2, 0) is 6.42 Å². The number of hydrogen-bond donors (Lipinski definition) is 2. The lowest BCUT2D eigenvalue weighted by Gasteiger charge is -2.43. The van der Waals surface area contributed by atoms with Gasteiger partial charge in [0.2, 0.25) is 0 Å². The summed E-state index contributed by atoms with van der Waals surface area (Å²) in [5.74, 6) is 6.41. The fourth-order valence-corrected chi connectivity index (χ4v) is 3.25. The minimum absolute atomic E-state index is 0.350. The summed E-state index contributed by atoms with van der Waals surface area (Å²) in [5, 5.41) is 0. The zero-order valence-electron chi connectivity index (χ0n) is 10.9. The second-order valence-electron chi connectivity index (χ2n) is 5.95. The fraction of sp³-hybridized carbons (Fsp3) is 0.714. The van der Waals surface area contributed by atoms with Gasteiger partial charge in [0.25, 0.3) is 0 Å². The van der Waals surface area contributed by atoms with E-state index in [4.69, 9.17) is 10.3 Å². The third-order valence-corrected chi connectivity index (χ3v) is 4.33. The van der Waals surface area contributed by atoms with E-state index in [9.17, 15) is 0 Å². The van der Waals surface area contributed by atoms with Gasteiger partial charge >= 0.3 is 0 Å². The van der Waals surface area contributed by atoms with E-state index in [1.54, 1.807) is 6.26 Å². The molecule has 0 saturated heterocycles. The number of hydrogen-bond acceptors (Lipinski definition) is 3. The summed E-state index contributed by atoms with van der Waals surface area (Å²) >= 11 is 0. The minimum atomic E-state index is 0.350. The van der Waals surface area contributed by atoms with Crippen molar-refractivity contribution in [1.82, 2.24) is 5.43 Å². The number of nitrogens with two attached hydrogens (primary N) is 1. The van der Waals surface area contributed by atoms with Crippen LogP contribution in [-0.4, -0.2) is 6.04 Å². The number of rotatable bonds is 4. The largest absolute Gasteiger partial charge is 0.472 e. The molecule has 2 rings (SSSR count). The van der Waals surface area contributed by atoms with E-state index in [0.717, 1.165) is 6.42 Å². The monoisotopic (exact) mass is 236 g/mol. The van der Waals surface area contributed by atoms with Crippen molar-refractivity contribution in [3.05, 3.63) is 24.2 Å². The second-order valence-corrected chi connectivity index (χ2v) is 5.95. The molecule has 3 nitrogen and oxygen atoms in total. The van der Waals surface area contributed by atoms with Gasteiger partial charge < -0.3 is 4.42 Å². The maximum Gasteiger partial charge on any atom is 0.0935 e. The van der Waals surface area contributed by atoms with Crippen LogP contribution in [0.1, 0.15) is 45.1 Å². The first-order valence-electron chi connectivity index (χ1n) is 6.61. The number of furan rings is 1. The van der Waals surface area contributed by atoms with Gasteiger partial charge in [-0.3, -0.25) is 11.3 Å². The SMILES string of the molecule is CC1(C)CCCCC1C(Cc1ccoc1)NN. The molecule has 17 heavy (non-hydrogen) atoms. The van der Waals surface area contributed by atoms with Crippen molar-refractivity contribution in [3.8, 4) is 0 Å². The first kappa shape index (κ1) is 12.7. The molecule has 2 unspecified atom stereocenters. The first-order chi connectivity index (χ1) is 8.13. The molecule has 3 heteroatoms. The van der Waals surface area contributed by atoms with Gasteiger partial charge in [0.1, 0.15) is 0 Å². The molecule has 1 aliphatic carbocycles. The summed E-state index contributed by atoms with van der Waals surface area (Å²) < 4.78 is 5.13. The summed E-state index contributed by atoms with van der Waals surface area (Å²) in [4.78, 5) is 0. The van der Waals surface area contributed by atoms with Gasteiger partial charge in [-0.05, 0) is 42.2 Å². The lowest BCUT2D eigenvalue weighted by atomic mass is 9.65.